The third-order valence-corrected chi connectivity index (χ3v) is 15.6. The van der Waals surface area contributed by atoms with Gasteiger partial charge in [0, 0.05) is 0 Å². The Kier molecular flexibility index (Phi) is 4.00. The van der Waals surface area contributed by atoms with Gasteiger partial charge < -0.3 is 0 Å². The van der Waals surface area contributed by atoms with Gasteiger partial charge in [0.25, 0.3) is 0 Å². The predicted octanol–water partition coefficient (Wildman–Crippen LogP) is 5.36. The fraction of sp³-hybridized carbons (Fsp3) is 0.952. The average molecular weight is 337 g/mol. The number of hydrogen-bond donors (Lipinski definition) is 0. The number of ketones is 1. The van der Waals surface area contributed by atoms with E-state index in [0.717, 1.165) is 29.1 Å². The molecule has 0 spiro atoms. The number of hydrogen-bond acceptors (Lipinski definition) is 1. The van der Waals surface area contributed by atoms with Gasteiger partial charge in [-0.3, -0.25) is 0 Å². The molecule has 2 heteroatoms. The van der Waals surface area contributed by atoms with Crippen molar-refractivity contribution >= 4 is 13.0 Å². The van der Waals surface area contributed by atoms with Crippen LogP contribution in [0.5, 0.6) is 0 Å². The van der Waals surface area contributed by atoms with E-state index in [2.05, 4.69) is 20.5 Å². The van der Waals surface area contributed by atoms with E-state index >= 15 is 0 Å². The summed E-state index contributed by atoms with van der Waals surface area (Å²) in [7, 11) is -1.08. The van der Waals surface area contributed by atoms with Crippen LogP contribution in [0.4, 0.5) is 0 Å². The van der Waals surface area contributed by atoms with Crippen LogP contribution in [0, 0.1) is 29.1 Å². The number of fused-ring (bicyclic) bond motifs is 5. The minimum absolute atomic E-state index is 0.354. The summed E-state index contributed by atoms with van der Waals surface area (Å²) in [5.41, 5.74) is 2.58. The summed E-state index contributed by atoms with van der Waals surface area (Å²) < 4.78 is 0. The molecule has 132 valence electrons. The number of carbonyl (C=O) groups is 1. The molecule has 2 aliphatic heterocycles. The van der Waals surface area contributed by atoms with Gasteiger partial charge in [0.1, 0.15) is 0 Å². The molecule has 0 N–H and O–H groups in total. The summed E-state index contributed by atoms with van der Waals surface area (Å²) in [5, 5.41) is 0. The van der Waals surface area contributed by atoms with Crippen molar-refractivity contribution in [1.82, 2.24) is 0 Å². The van der Waals surface area contributed by atoms with Gasteiger partial charge in [-0.1, -0.05) is 0 Å². The molecule has 0 bridgehead atoms. The SMILES string of the molecule is CC(=O)C1CCC2C3CCC4CC(C)CC[PH]4(C)C3CCC12C. The molecule has 0 aromatic heterocycles. The number of rotatable bonds is 1. The Morgan fingerprint density at radius 2 is 1.87 bits per heavy atom. The molecule has 23 heavy (non-hydrogen) atoms. The summed E-state index contributed by atoms with van der Waals surface area (Å²) in [6.45, 7) is 9.64. The summed E-state index contributed by atoms with van der Waals surface area (Å²) >= 11 is 0. The fourth-order valence-electron chi connectivity index (χ4n) is 8.14. The molecule has 7 atom stereocenters. The molecule has 0 aromatic carbocycles. The van der Waals surface area contributed by atoms with Gasteiger partial charge >= 0.3 is 143 Å². The van der Waals surface area contributed by atoms with Crippen molar-refractivity contribution in [3.05, 3.63) is 0 Å². The van der Waals surface area contributed by atoms with Gasteiger partial charge in [0.15, 0.2) is 0 Å². The van der Waals surface area contributed by atoms with Crippen molar-refractivity contribution in [1.29, 1.82) is 0 Å². The molecular weight excluding hydrogens is 299 g/mol. The van der Waals surface area contributed by atoms with Crippen molar-refractivity contribution in [2.45, 2.75) is 83.5 Å². The Labute approximate surface area is 143 Å². The van der Waals surface area contributed by atoms with Crippen LogP contribution in [0.25, 0.3) is 0 Å². The first-order chi connectivity index (χ1) is 10.9. The van der Waals surface area contributed by atoms with E-state index in [-0.39, 0.29) is 0 Å². The molecule has 2 aliphatic carbocycles. The van der Waals surface area contributed by atoms with Crippen molar-refractivity contribution < 1.29 is 4.79 Å². The van der Waals surface area contributed by atoms with Crippen molar-refractivity contribution in [2.24, 2.45) is 29.1 Å². The van der Waals surface area contributed by atoms with Gasteiger partial charge in [-0.05, 0) is 0 Å². The summed E-state index contributed by atoms with van der Waals surface area (Å²) in [5.74, 6) is 3.71. The minimum atomic E-state index is -1.08. The maximum absolute atomic E-state index is 12.2. The van der Waals surface area contributed by atoms with E-state index < -0.39 is 7.26 Å². The first-order valence-corrected chi connectivity index (χ1v) is 13.2. The third-order valence-electron chi connectivity index (χ3n) is 9.42. The van der Waals surface area contributed by atoms with E-state index in [9.17, 15) is 4.79 Å². The number of carbonyl (C=O) groups excluding carboxylic acids is 1. The van der Waals surface area contributed by atoms with Crippen LogP contribution in [0.1, 0.15) is 72.1 Å². The first kappa shape index (κ1) is 16.6. The molecule has 0 aromatic rings. The monoisotopic (exact) mass is 336 g/mol. The zero-order valence-corrected chi connectivity index (χ0v) is 16.7. The summed E-state index contributed by atoms with van der Waals surface area (Å²) in [6.07, 6.45) is 13.1. The zero-order chi connectivity index (χ0) is 16.4. The van der Waals surface area contributed by atoms with Crippen molar-refractivity contribution in [3.8, 4) is 0 Å². The number of Topliss-reactive ketones (excluding diaryl/α,β-unsaturated/α-hetero) is 1. The Morgan fingerprint density at radius 3 is 2.61 bits per heavy atom. The normalized spacial score (nSPS) is 52.9. The van der Waals surface area contributed by atoms with Gasteiger partial charge in [0.05, 0.1) is 0 Å². The Hall–Kier alpha value is 0.100. The standard InChI is InChI=1S/C21H37OP/c1-14-10-12-23(4)16(13-14)5-6-17-19-8-7-18(15(2)22)21(19,3)11-9-20(17)23/h14,16-20,23H,5-13H2,1-4H3. The van der Waals surface area contributed by atoms with Crippen molar-refractivity contribution in [2.75, 3.05) is 12.8 Å². The molecule has 7 unspecified atom stereocenters. The van der Waals surface area contributed by atoms with Gasteiger partial charge in [-0.2, -0.15) is 0 Å². The average Bonchev–Trinajstić information content (AvgIpc) is 2.85. The van der Waals surface area contributed by atoms with Gasteiger partial charge in [-0.25, -0.2) is 0 Å². The van der Waals surface area contributed by atoms with E-state index in [1.165, 1.54) is 44.9 Å². The second-order valence-corrected chi connectivity index (χ2v) is 15.4. The third kappa shape index (κ3) is 2.32. The second-order valence-electron chi connectivity index (χ2n) is 10.3. The van der Waals surface area contributed by atoms with E-state index in [1.807, 2.05) is 6.92 Å². The van der Waals surface area contributed by atoms with E-state index in [1.54, 1.807) is 12.6 Å². The van der Waals surface area contributed by atoms with Crippen LogP contribution in [0.15, 0.2) is 0 Å². The Bertz CT molecular complexity index is 502. The molecule has 4 aliphatic rings. The van der Waals surface area contributed by atoms with Crippen LogP contribution >= 0.6 is 7.26 Å². The van der Waals surface area contributed by atoms with Crippen LogP contribution < -0.4 is 0 Å². The first-order valence-electron chi connectivity index (χ1n) is 10.4. The molecule has 0 radical (unpaired) electrons. The fourth-order valence-corrected chi connectivity index (χ4v) is 14.6. The predicted molar refractivity (Wildman–Crippen MR) is 102 cm³/mol. The van der Waals surface area contributed by atoms with Crippen molar-refractivity contribution in [3.63, 3.8) is 0 Å². The molecule has 0 amide bonds. The van der Waals surface area contributed by atoms with Crippen LogP contribution in [0.3, 0.4) is 0 Å². The van der Waals surface area contributed by atoms with Crippen LogP contribution in [0.2, 0.25) is 0 Å². The quantitative estimate of drug-likeness (QED) is 0.589. The zero-order valence-electron chi connectivity index (χ0n) is 15.7. The van der Waals surface area contributed by atoms with E-state index in [0.29, 0.717) is 17.1 Å². The van der Waals surface area contributed by atoms with Crippen LogP contribution in [-0.4, -0.2) is 29.9 Å². The second kappa shape index (κ2) is 5.55. The van der Waals surface area contributed by atoms with E-state index in [4.69, 9.17) is 0 Å². The topological polar surface area (TPSA) is 17.1 Å². The molecule has 2 saturated carbocycles. The molecule has 1 nitrogen and oxygen atoms in total. The molecule has 4 rings (SSSR count). The molecular formula is C21H37OP. The maximum atomic E-state index is 12.2. The molecule has 2 saturated heterocycles. The Morgan fingerprint density at radius 1 is 1.09 bits per heavy atom. The summed E-state index contributed by atoms with van der Waals surface area (Å²) in [6, 6.07) is 0. The van der Waals surface area contributed by atoms with Crippen LogP contribution in [-0.2, 0) is 4.79 Å². The Balaban J connectivity index is 1.61. The van der Waals surface area contributed by atoms with Gasteiger partial charge in [0.2, 0.25) is 0 Å². The molecule has 2 heterocycles. The van der Waals surface area contributed by atoms with Gasteiger partial charge in [-0.15, -0.1) is 0 Å². The molecule has 4 fully saturated rings. The summed E-state index contributed by atoms with van der Waals surface area (Å²) in [4.78, 5) is 12.2.